The zero-order valence-corrected chi connectivity index (χ0v) is 11.3. The molecule has 20 heavy (non-hydrogen) atoms. The molecule has 0 amide bonds. The van der Waals surface area contributed by atoms with Crippen molar-refractivity contribution in [3.8, 4) is 5.75 Å². The van der Waals surface area contributed by atoms with Crippen molar-refractivity contribution < 1.29 is 26.3 Å². The van der Waals surface area contributed by atoms with E-state index in [1.807, 2.05) is 0 Å². The quantitative estimate of drug-likeness (QED) is 0.829. The number of hydrogen-bond donors (Lipinski definition) is 2. The van der Waals surface area contributed by atoms with Crippen molar-refractivity contribution in [3.63, 3.8) is 0 Å². The van der Waals surface area contributed by atoms with E-state index >= 15 is 0 Å². The predicted octanol–water partition coefficient (Wildman–Crippen LogP) is 1.65. The van der Waals surface area contributed by atoms with E-state index < -0.39 is 21.7 Å². The maximum Gasteiger partial charge on any atom is 0.407 e. The van der Waals surface area contributed by atoms with Crippen molar-refractivity contribution in [1.82, 2.24) is 4.72 Å². The Labute approximate surface area is 114 Å². The molecule has 0 atom stereocenters. The number of halogens is 3. The largest absolute Gasteiger partial charge is 0.495 e. The topological polar surface area (TPSA) is 81.4 Å². The third-order valence-corrected chi connectivity index (χ3v) is 4.68. The van der Waals surface area contributed by atoms with E-state index in [1.165, 1.54) is 19.2 Å². The molecule has 1 aliphatic rings. The van der Waals surface area contributed by atoms with Crippen molar-refractivity contribution in [1.29, 1.82) is 0 Å². The Morgan fingerprint density at radius 1 is 1.35 bits per heavy atom. The van der Waals surface area contributed by atoms with Crippen LogP contribution in [-0.2, 0) is 10.0 Å². The molecule has 1 aromatic rings. The Morgan fingerprint density at radius 3 is 2.40 bits per heavy atom. The Morgan fingerprint density at radius 2 is 1.95 bits per heavy atom. The number of hydrogen-bond acceptors (Lipinski definition) is 4. The molecule has 9 heteroatoms. The molecule has 0 aliphatic heterocycles. The van der Waals surface area contributed by atoms with Crippen LogP contribution in [0.25, 0.3) is 0 Å². The summed E-state index contributed by atoms with van der Waals surface area (Å²) in [4.78, 5) is -0.371. The lowest BCUT2D eigenvalue weighted by Gasteiger charge is -2.21. The van der Waals surface area contributed by atoms with Crippen LogP contribution in [0.1, 0.15) is 12.8 Å². The van der Waals surface area contributed by atoms with E-state index in [2.05, 4.69) is 0 Å². The van der Waals surface area contributed by atoms with Crippen molar-refractivity contribution in [2.24, 2.45) is 0 Å². The van der Waals surface area contributed by atoms with E-state index in [4.69, 9.17) is 10.5 Å². The van der Waals surface area contributed by atoms with Gasteiger partial charge in [0.25, 0.3) is 0 Å². The standard InChI is InChI=1S/C11H13F3N2O3S/c1-19-8-6-7(15)2-3-9(8)20(17,18)16-10(4-5-10)11(12,13)14/h2-3,6,16H,4-5,15H2,1H3. The van der Waals surface area contributed by atoms with Crippen molar-refractivity contribution >= 4 is 15.7 Å². The fraction of sp³-hybridized carbons (Fsp3) is 0.455. The van der Waals surface area contributed by atoms with Crippen molar-refractivity contribution in [2.75, 3.05) is 12.8 Å². The molecule has 0 saturated heterocycles. The lowest BCUT2D eigenvalue weighted by molar-refractivity contribution is -0.160. The summed E-state index contributed by atoms with van der Waals surface area (Å²) in [6.45, 7) is 0. The maximum atomic E-state index is 12.8. The number of nitrogens with one attached hydrogen (secondary N) is 1. The zero-order valence-electron chi connectivity index (χ0n) is 10.5. The number of alkyl halides is 3. The van der Waals surface area contributed by atoms with Gasteiger partial charge in [0.1, 0.15) is 16.2 Å². The number of ether oxygens (including phenoxy) is 1. The molecule has 1 saturated carbocycles. The maximum absolute atomic E-state index is 12.8. The van der Waals surface area contributed by atoms with E-state index in [-0.39, 0.29) is 29.2 Å². The molecule has 0 unspecified atom stereocenters. The van der Waals surface area contributed by atoms with Gasteiger partial charge in [0.15, 0.2) is 0 Å². The average molecular weight is 310 g/mol. The van der Waals surface area contributed by atoms with Crippen LogP contribution in [0.5, 0.6) is 5.75 Å². The summed E-state index contributed by atoms with van der Waals surface area (Å²) < 4.78 is 69.2. The SMILES string of the molecule is COc1cc(N)ccc1S(=O)(=O)NC1(C(F)(F)F)CC1. The van der Waals surface area contributed by atoms with Gasteiger partial charge in [-0.25, -0.2) is 8.42 Å². The van der Waals surface area contributed by atoms with Crippen LogP contribution in [0.3, 0.4) is 0 Å². The fourth-order valence-corrected chi connectivity index (χ4v) is 3.39. The molecule has 0 bridgehead atoms. The molecule has 112 valence electrons. The average Bonchev–Trinajstić information content (AvgIpc) is 3.08. The van der Waals surface area contributed by atoms with E-state index in [0.29, 0.717) is 0 Å². The van der Waals surface area contributed by atoms with Crippen LogP contribution in [0.15, 0.2) is 23.1 Å². The third-order valence-electron chi connectivity index (χ3n) is 3.10. The summed E-state index contributed by atoms with van der Waals surface area (Å²) in [6.07, 6.45) is -5.17. The summed E-state index contributed by atoms with van der Waals surface area (Å²) >= 11 is 0. The summed E-state index contributed by atoms with van der Waals surface area (Å²) in [7, 11) is -3.14. The van der Waals surface area contributed by atoms with Gasteiger partial charge >= 0.3 is 6.18 Å². The van der Waals surface area contributed by atoms with E-state index in [1.54, 1.807) is 4.72 Å². The molecule has 1 aromatic carbocycles. The lowest BCUT2D eigenvalue weighted by Crippen LogP contribution is -2.47. The number of nitrogens with two attached hydrogens (primary N) is 1. The van der Waals surface area contributed by atoms with Crippen LogP contribution in [0.2, 0.25) is 0 Å². The number of sulfonamides is 1. The second kappa shape index (κ2) is 4.52. The minimum atomic E-state index is -4.62. The summed E-state index contributed by atoms with van der Waals surface area (Å²) in [5.41, 5.74) is 3.37. The van der Waals surface area contributed by atoms with Gasteiger partial charge in [0.05, 0.1) is 7.11 Å². The lowest BCUT2D eigenvalue weighted by atomic mass is 10.3. The Bertz CT molecular complexity index is 624. The van der Waals surface area contributed by atoms with Gasteiger partial charge in [0, 0.05) is 11.8 Å². The first kappa shape index (κ1) is 14.9. The molecule has 1 fully saturated rings. The Balaban J connectivity index is 2.37. The first-order valence-corrected chi connectivity index (χ1v) is 7.14. The van der Waals surface area contributed by atoms with Gasteiger partial charge in [-0.2, -0.15) is 17.9 Å². The molecule has 5 nitrogen and oxygen atoms in total. The van der Waals surface area contributed by atoms with Gasteiger partial charge < -0.3 is 10.5 Å². The first-order chi connectivity index (χ1) is 9.11. The monoisotopic (exact) mass is 310 g/mol. The molecular formula is C11H13F3N2O3S. The number of methoxy groups -OCH3 is 1. The van der Waals surface area contributed by atoms with Crippen molar-refractivity contribution in [3.05, 3.63) is 18.2 Å². The highest BCUT2D eigenvalue weighted by atomic mass is 32.2. The Hall–Kier alpha value is -1.48. The highest BCUT2D eigenvalue weighted by molar-refractivity contribution is 7.89. The van der Waals surface area contributed by atoms with Gasteiger partial charge in [0.2, 0.25) is 10.0 Å². The number of anilines is 1. The molecule has 0 aromatic heterocycles. The smallest absolute Gasteiger partial charge is 0.407 e. The molecule has 0 spiro atoms. The molecular weight excluding hydrogens is 297 g/mol. The molecule has 0 heterocycles. The number of nitrogen functional groups attached to an aromatic ring is 1. The molecule has 2 rings (SSSR count). The molecule has 0 radical (unpaired) electrons. The number of rotatable bonds is 4. The van der Waals surface area contributed by atoms with E-state index in [0.717, 1.165) is 6.07 Å². The second-order valence-electron chi connectivity index (χ2n) is 4.60. The number of benzene rings is 1. The minimum Gasteiger partial charge on any atom is -0.495 e. The zero-order chi connectivity index (χ0) is 15.2. The van der Waals surface area contributed by atoms with Crippen LogP contribution in [0.4, 0.5) is 18.9 Å². The third kappa shape index (κ3) is 2.55. The highest BCUT2D eigenvalue weighted by Crippen LogP contribution is 2.50. The summed E-state index contributed by atoms with van der Waals surface area (Å²) in [5.74, 6) is -0.101. The second-order valence-corrected chi connectivity index (χ2v) is 6.25. The van der Waals surface area contributed by atoms with Gasteiger partial charge in [-0.15, -0.1) is 0 Å². The predicted molar refractivity (Wildman–Crippen MR) is 65.7 cm³/mol. The van der Waals surface area contributed by atoms with Crippen LogP contribution in [-0.4, -0.2) is 27.2 Å². The van der Waals surface area contributed by atoms with E-state index in [9.17, 15) is 21.6 Å². The minimum absolute atomic E-state index is 0.101. The normalized spacial score (nSPS) is 17.8. The molecule has 1 aliphatic carbocycles. The van der Waals surface area contributed by atoms with Crippen LogP contribution in [0, 0.1) is 0 Å². The highest BCUT2D eigenvalue weighted by Gasteiger charge is 2.65. The van der Waals surface area contributed by atoms with Crippen LogP contribution >= 0.6 is 0 Å². The first-order valence-electron chi connectivity index (χ1n) is 5.65. The van der Waals surface area contributed by atoms with Crippen molar-refractivity contribution in [2.45, 2.75) is 29.5 Å². The Kier molecular flexibility index (Phi) is 3.37. The van der Waals surface area contributed by atoms with Crippen LogP contribution < -0.4 is 15.2 Å². The molecule has 3 N–H and O–H groups in total. The summed E-state index contributed by atoms with van der Waals surface area (Å²) in [5, 5.41) is 0. The van der Waals surface area contributed by atoms with Gasteiger partial charge in [-0.3, -0.25) is 0 Å². The van der Waals surface area contributed by atoms with Gasteiger partial charge in [-0.1, -0.05) is 0 Å². The van der Waals surface area contributed by atoms with Gasteiger partial charge in [-0.05, 0) is 25.0 Å². The fourth-order valence-electron chi connectivity index (χ4n) is 1.79. The summed E-state index contributed by atoms with van der Waals surface area (Å²) in [6, 6.07) is 3.63.